The molecule has 1 saturated heterocycles. The van der Waals surface area contributed by atoms with E-state index in [0.717, 1.165) is 58.2 Å². The molecule has 1 heterocycles. The molecule has 0 bridgehead atoms. The number of nitrogens with two attached hydrogens (primary N) is 1. The summed E-state index contributed by atoms with van der Waals surface area (Å²) in [6.45, 7) is 4.57. The lowest BCUT2D eigenvalue weighted by atomic mass is 10.1. The Balaban J connectivity index is 2.29. The molecule has 0 aromatic carbocycles. The number of nitrogens with zero attached hydrogens (tertiary/aromatic N) is 1. The van der Waals surface area contributed by atoms with Crippen LogP contribution >= 0.6 is 0 Å². The molecule has 0 spiro atoms. The van der Waals surface area contributed by atoms with Gasteiger partial charge in [-0.15, -0.1) is 0 Å². The predicted octanol–water partition coefficient (Wildman–Crippen LogP) is 1.70. The van der Waals surface area contributed by atoms with Crippen LogP contribution in [0.2, 0.25) is 0 Å². The van der Waals surface area contributed by atoms with E-state index in [0.29, 0.717) is 6.04 Å². The molecule has 0 aliphatic carbocycles. The zero-order valence-corrected chi connectivity index (χ0v) is 10.4. The number of carbonyl (C=O) groups is 1. The highest BCUT2D eigenvalue weighted by atomic mass is 16.2. The molecule has 94 valence electrons. The molecule has 1 atom stereocenters. The van der Waals surface area contributed by atoms with Gasteiger partial charge >= 0.3 is 6.03 Å². The first-order chi connectivity index (χ1) is 7.79. The summed E-state index contributed by atoms with van der Waals surface area (Å²) in [5.41, 5.74) is 5.51. The monoisotopic (exact) mass is 227 g/mol. The van der Waals surface area contributed by atoms with Gasteiger partial charge in [-0.3, -0.25) is 0 Å². The third kappa shape index (κ3) is 4.00. The van der Waals surface area contributed by atoms with Gasteiger partial charge in [0.2, 0.25) is 0 Å². The van der Waals surface area contributed by atoms with E-state index >= 15 is 0 Å². The number of hydrogen-bond donors (Lipinski definition) is 2. The topological polar surface area (TPSA) is 58.4 Å². The smallest absolute Gasteiger partial charge is 0.317 e. The van der Waals surface area contributed by atoms with E-state index < -0.39 is 0 Å². The van der Waals surface area contributed by atoms with Gasteiger partial charge in [0.25, 0.3) is 0 Å². The number of unbranched alkanes of at least 4 members (excludes halogenated alkanes) is 1. The first kappa shape index (κ1) is 13.3. The summed E-state index contributed by atoms with van der Waals surface area (Å²) in [5, 5.41) is 2.99. The average Bonchev–Trinajstić information content (AvgIpc) is 2.74. The second-order valence-electron chi connectivity index (χ2n) is 4.51. The summed E-state index contributed by atoms with van der Waals surface area (Å²) in [6, 6.07) is 0.540. The fourth-order valence-electron chi connectivity index (χ4n) is 2.23. The molecule has 3 N–H and O–H groups in total. The number of carbonyl (C=O) groups excluding carboxylic acids is 1. The quantitative estimate of drug-likeness (QED) is 0.679. The molecule has 4 nitrogen and oxygen atoms in total. The normalized spacial score (nSPS) is 20.1. The van der Waals surface area contributed by atoms with Gasteiger partial charge in [-0.1, -0.05) is 13.3 Å². The Kier molecular flexibility index (Phi) is 6.23. The van der Waals surface area contributed by atoms with Gasteiger partial charge in [0, 0.05) is 19.1 Å². The largest absolute Gasteiger partial charge is 0.338 e. The van der Waals surface area contributed by atoms with E-state index in [9.17, 15) is 4.79 Å². The minimum atomic E-state index is 0.118. The molecule has 0 aromatic rings. The van der Waals surface area contributed by atoms with Crippen molar-refractivity contribution in [1.29, 1.82) is 0 Å². The van der Waals surface area contributed by atoms with Crippen LogP contribution in [0.15, 0.2) is 0 Å². The van der Waals surface area contributed by atoms with Crippen LogP contribution in [0.25, 0.3) is 0 Å². The Bertz CT molecular complexity index is 208. The third-order valence-corrected chi connectivity index (χ3v) is 3.19. The zero-order chi connectivity index (χ0) is 11.8. The maximum atomic E-state index is 11.9. The van der Waals surface area contributed by atoms with E-state index in [4.69, 9.17) is 5.73 Å². The fourth-order valence-corrected chi connectivity index (χ4v) is 2.23. The van der Waals surface area contributed by atoms with Crippen LogP contribution in [0.3, 0.4) is 0 Å². The van der Waals surface area contributed by atoms with Crippen molar-refractivity contribution < 1.29 is 4.79 Å². The highest BCUT2D eigenvalue weighted by molar-refractivity contribution is 5.74. The Morgan fingerprint density at radius 3 is 3.00 bits per heavy atom. The standard InChI is InChI=1S/C12H25N3O/c1-2-3-9-14-12(16)15-10-5-7-11(15)6-4-8-13/h11H,2-10,13H2,1H3,(H,14,16). The van der Waals surface area contributed by atoms with Gasteiger partial charge in [-0.05, 0) is 38.6 Å². The van der Waals surface area contributed by atoms with Crippen molar-refractivity contribution in [2.45, 2.75) is 51.5 Å². The van der Waals surface area contributed by atoms with Crippen molar-refractivity contribution in [3.8, 4) is 0 Å². The van der Waals surface area contributed by atoms with E-state index in [2.05, 4.69) is 12.2 Å². The molecule has 1 rings (SSSR count). The number of hydrogen-bond acceptors (Lipinski definition) is 2. The summed E-state index contributed by atoms with van der Waals surface area (Å²) in [7, 11) is 0. The molecular weight excluding hydrogens is 202 g/mol. The molecule has 0 saturated carbocycles. The van der Waals surface area contributed by atoms with Crippen LogP contribution in [-0.4, -0.2) is 36.6 Å². The van der Waals surface area contributed by atoms with Crippen LogP contribution in [0.5, 0.6) is 0 Å². The van der Waals surface area contributed by atoms with Crippen molar-refractivity contribution in [3.05, 3.63) is 0 Å². The fraction of sp³-hybridized carbons (Fsp3) is 0.917. The van der Waals surface area contributed by atoms with Crippen molar-refractivity contribution in [2.75, 3.05) is 19.6 Å². The van der Waals surface area contributed by atoms with Gasteiger partial charge in [0.1, 0.15) is 0 Å². The van der Waals surface area contributed by atoms with Gasteiger partial charge in [0.05, 0.1) is 0 Å². The summed E-state index contributed by atoms with van der Waals surface area (Å²) >= 11 is 0. The maximum Gasteiger partial charge on any atom is 0.317 e. The lowest BCUT2D eigenvalue weighted by molar-refractivity contribution is 0.189. The third-order valence-electron chi connectivity index (χ3n) is 3.19. The molecule has 4 heteroatoms. The van der Waals surface area contributed by atoms with E-state index in [-0.39, 0.29) is 6.03 Å². The van der Waals surface area contributed by atoms with Crippen molar-refractivity contribution in [1.82, 2.24) is 10.2 Å². The molecule has 16 heavy (non-hydrogen) atoms. The SMILES string of the molecule is CCCCNC(=O)N1CCCC1CCCN. The van der Waals surface area contributed by atoms with Crippen LogP contribution in [-0.2, 0) is 0 Å². The molecule has 1 aliphatic rings. The second kappa shape index (κ2) is 7.49. The molecular formula is C12H25N3O. The molecule has 1 unspecified atom stereocenters. The Hall–Kier alpha value is -0.770. The summed E-state index contributed by atoms with van der Waals surface area (Å²) < 4.78 is 0. The van der Waals surface area contributed by atoms with Crippen LogP contribution in [0, 0.1) is 0 Å². The Labute approximate surface area is 98.6 Å². The number of rotatable bonds is 6. The number of amides is 2. The Morgan fingerprint density at radius 2 is 2.31 bits per heavy atom. The minimum absolute atomic E-state index is 0.118. The Morgan fingerprint density at radius 1 is 1.50 bits per heavy atom. The minimum Gasteiger partial charge on any atom is -0.338 e. The molecule has 1 aliphatic heterocycles. The van der Waals surface area contributed by atoms with Crippen LogP contribution in [0.4, 0.5) is 4.79 Å². The summed E-state index contributed by atoms with van der Waals surface area (Å²) in [5.74, 6) is 0. The van der Waals surface area contributed by atoms with Crippen molar-refractivity contribution in [2.24, 2.45) is 5.73 Å². The van der Waals surface area contributed by atoms with Crippen LogP contribution in [0.1, 0.15) is 45.4 Å². The predicted molar refractivity (Wildman–Crippen MR) is 66.3 cm³/mol. The van der Waals surface area contributed by atoms with E-state index in [1.54, 1.807) is 0 Å². The van der Waals surface area contributed by atoms with E-state index in [1.807, 2.05) is 4.90 Å². The second-order valence-corrected chi connectivity index (χ2v) is 4.51. The average molecular weight is 227 g/mol. The first-order valence-electron chi connectivity index (χ1n) is 6.54. The van der Waals surface area contributed by atoms with Gasteiger partial charge in [0.15, 0.2) is 0 Å². The lowest BCUT2D eigenvalue weighted by Crippen LogP contribution is -2.43. The van der Waals surface area contributed by atoms with E-state index in [1.165, 1.54) is 0 Å². The van der Waals surface area contributed by atoms with Gasteiger partial charge in [-0.25, -0.2) is 4.79 Å². The first-order valence-corrected chi connectivity index (χ1v) is 6.54. The lowest BCUT2D eigenvalue weighted by Gasteiger charge is -2.24. The highest BCUT2D eigenvalue weighted by Gasteiger charge is 2.27. The maximum absolute atomic E-state index is 11.9. The molecule has 1 fully saturated rings. The van der Waals surface area contributed by atoms with Gasteiger partial charge in [-0.2, -0.15) is 0 Å². The molecule has 0 aromatic heterocycles. The molecule has 2 amide bonds. The number of nitrogens with one attached hydrogen (secondary N) is 1. The zero-order valence-electron chi connectivity index (χ0n) is 10.4. The number of likely N-dealkylation sites (tertiary alicyclic amines) is 1. The summed E-state index contributed by atoms with van der Waals surface area (Å²) in [4.78, 5) is 13.9. The highest BCUT2D eigenvalue weighted by Crippen LogP contribution is 2.20. The number of urea groups is 1. The van der Waals surface area contributed by atoms with Gasteiger partial charge < -0.3 is 16.0 Å². The van der Waals surface area contributed by atoms with Crippen molar-refractivity contribution >= 4 is 6.03 Å². The molecule has 0 radical (unpaired) electrons. The summed E-state index contributed by atoms with van der Waals surface area (Å²) in [6.07, 6.45) is 6.53. The van der Waals surface area contributed by atoms with Crippen molar-refractivity contribution in [3.63, 3.8) is 0 Å². The van der Waals surface area contributed by atoms with Crippen LogP contribution < -0.4 is 11.1 Å².